The number of aliphatic hydroxyl groups is 3. The Balaban J connectivity index is 3.90. The van der Waals surface area contributed by atoms with E-state index in [-0.39, 0.29) is 31.0 Å². The number of aliphatic hydroxyl groups excluding tert-OH is 3. The molecule has 1 amide bonds. The minimum Gasteiger partial charge on any atom is -0.394 e. The van der Waals surface area contributed by atoms with Crippen molar-refractivity contribution in [2.24, 2.45) is 5.73 Å². The molecule has 0 bridgehead atoms. The van der Waals surface area contributed by atoms with Crippen LogP contribution in [0.25, 0.3) is 0 Å². The maximum Gasteiger partial charge on any atom is 0.220 e. The molecule has 0 aliphatic heterocycles. The second kappa shape index (κ2) is 15.9. The van der Waals surface area contributed by atoms with Crippen molar-refractivity contribution >= 4 is 17.8 Å². The quantitative estimate of drug-likeness (QED) is 0.0912. The SMILES string of the molecule is CC(OC(CO)[C@H](C)O)[C@H](CO)NC(=O)CCCCCCCNC(=N)NC(=N)N. The minimum atomic E-state index is -0.858. The number of ether oxygens (including phenoxy) is 1. The van der Waals surface area contributed by atoms with Crippen LogP contribution in [-0.4, -0.2) is 77.3 Å². The summed E-state index contributed by atoms with van der Waals surface area (Å²) in [5, 5.41) is 50.5. The molecule has 2 unspecified atom stereocenters. The number of carbonyl (C=O) groups excluding carboxylic acids is 1. The Labute approximate surface area is 172 Å². The Hall–Kier alpha value is -1.95. The summed E-state index contributed by atoms with van der Waals surface area (Å²) in [6, 6.07) is -0.611. The summed E-state index contributed by atoms with van der Waals surface area (Å²) >= 11 is 0. The van der Waals surface area contributed by atoms with Crippen molar-refractivity contribution in [3.05, 3.63) is 0 Å². The van der Waals surface area contributed by atoms with Crippen molar-refractivity contribution in [1.29, 1.82) is 10.8 Å². The molecule has 11 nitrogen and oxygen atoms in total. The van der Waals surface area contributed by atoms with E-state index in [1.165, 1.54) is 6.92 Å². The first-order chi connectivity index (χ1) is 13.7. The Morgan fingerprint density at radius 1 is 1.07 bits per heavy atom. The highest BCUT2D eigenvalue weighted by atomic mass is 16.5. The van der Waals surface area contributed by atoms with Gasteiger partial charge < -0.3 is 36.4 Å². The highest BCUT2D eigenvalue weighted by molar-refractivity contribution is 5.94. The van der Waals surface area contributed by atoms with Crippen molar-refractivity contribution in [2.45, 2.75) is 76.7 Å². The summed E-state index contributed by atoms with van der Waals surface area (Å²) < 4.78 is 5.51. The lowest BCUT2D eigenvalue weighted by Crippen LogP contribution is -2.48. The molecular weight excluding hydrogens is 380 g/mol. The number of guanidine groups is 2. The molecule has 0 aromatic heterocycles. The Morgan fingerprint density at radius 2 is 1.69 bits per heavy atom. The van der Waals surface area contributed by atoms with Gasteiger partial charge in [-0.05, 0) is 26.7 Å². The molecule has 0 aromatic carbocycles. The van der Waals surface area contributed by atoms with Crippen LogP contribution < -0.4 is 21.7 Å². The fraction of sp³-hybridized carbons (Fsp3) is 0.833. The summed E-state index contributed by atoms with van der Waals surface area (Å²) in [6.45, 7) is 3.13. The van der Waals surface area contributed by atoms with Crippen LogP contribution >= 0.6 is 0 Å². The van der Waals surface area contributed by atoms with E-state index in [0.717, 1.165) is 32.1 Å². The van der Waals surface area contributed by atoms with Gasteiger partial charge in [0.1, 0.15) is 6.10 Å². The third-order valence-corrected chi connectivity index (χ3v) is 4.36. The average Bonchev–Trinajstić information content (AvgIpc) is 2.65. The first kappa shape index (κ1) is 27.0. The van der Waals surface area contributed by atoms with Crippen LogP contribution in [0.2, 0.25) is 0 Å². The molecule has 0 rings (SSSR count). The van der Waals surface area contributed by atoms with Gasteiger partial charge in [0.25, 0.3) is 0 Å². The van der Waals surface area contributed by atoms with Gasteiger partial charge in [-0.3, -0.25) is 20.9 Å². The number of hydrogen-bond donors (Lipinski definition) is 9. The zero-order valence-electron chi connectivity index (χ0n) is 17.4. The molecule has 0 aliphatic rings. The first-order valence-corrected chi connectivity index (χ1v) is 9.99. The largest absolute Gasteiger partial charge is 0.394 e. The number of nitrogens with one attached hydrogen (secondary N) is 5. The van der Waals surface area contributed by atoms with E-state index in [1.807, 2.05) is 0 Å². The summed E-state index contributed by atoms with van der Waals surface area (Å²) in [6.07, 6.45) is 2.55. The number of rotatable bonds is 15. The smallest absolute Gasteiger partial charge is 0.220 e. The first-order valence-electron chi connectivity index (χ1n) is 9.99. The van der Waals surface area contributed by atoms with Crippen molar-refractivity contribution in [3.63, 3.8) is 0 Å². The van der Waals surface area contributed by atoms with E-state index in [4.69, 9.17) is 21.3 Å². The summed E-state index contributed by atoms with van der Waals surface area (Å²) in [5.74, 6) is -0.451. The molecule has 0 spiro atoms. The number of carbonyl (C=O) groups is 1. The van der Waals surface area contributed by atoms with Crippen LogP contribution in [0.1, 0.15) is 52.4 Å². The summed E-state index contributed by atoms with van der Waals surface area (Å²) in [5.41, 5.74) is 5.12. The van der Waals surface area contributed by atoms with E-state index in [0.29, 0.717) is 13.0 Å². The molecule has 170 valence electrons. The zero-order valence-corrected chi connectivity index (χ0v) is 17.4. The van der Waals surface area contributed by atoms with E-state index < -0.39 is 24.4 Å². The van der Waals surface area contributed by atoms with Gasteiger partial charge in [0, 0.05) is 13.0 Å². The summed E-state index contributed by atoms with van der Waals surface area (Å²) in [4.78, 5) is 12.1. The third kappa shape index (κ3) is 13.8. The van der Waals surface area contributed by atoms with E-state index in [1.54, 1.807) is 6.92 Å². The van der Waals surface area contributed by atoms with Gasteiger partial charge in [-0.25, -0.2) is 0 Å². The molecule has 0 saturated carbocycles. The monoisotopic (exact) mass is 418 g/mol. The molecule has 0 heterocycles. The molecule has 10 N–H and O–H groups in total. The highest BCUT2D eigenvalue weighted by Crippen LogP contribution is 2.09. The van der Waals surface area contributed by atoms with Gasteiger partial charge >= 0.3 is 0 Å². The van der Waals surface area contributed by atoms with Crippen molar-refractivity contribution in [1.82, 2.24) is 16.0 Å². The predicted molar refractivity (Wildman–Crippen MR) is 111 cm³/mol. The van der Waals surface area contributed by atoms with E-state index in [9.17, 15) is 20.1 Å². The number of hydrogen-bond acceptors (Lipinski definition) is 7. The predicted octanol–water partition coefficient (Wildman–Crippen LogP) is -1.04. The van der Waals surface area contributed by atoms with Gasteiger partial charge in [0.15, 0.2) is 11.9 Å². The van der Waals surface area contributed by atoms with Crippen LogP contribution in [0.5, 0.6) is 0 Å². The fourth-order valence-electron chi connectivity index (χ4n) is 2.60. The zero-order chi connectivity index (χ0) is 22.2. The van der Waals surface area contributed by atoms with Crippen LogP contribution in [-0.2, 0) is 9.53 Å². The van der Waals surface area contributed by atoms with Crippen molar-refractivity contribution in [2.75, 3.05) is 19.8 Å². The number of amides is 1. The average molecular weight is 419 g/mol. The fourth-order valence-corrected chi connectivity index (χ4v) is 2.60. The topological polar surface area (TPSA) is 197 Å². The maximum atomic E-state index is 12.1. The molecule has 11 heteroatoms. The molecular formula is C18H38N6O5. The standard InChI is InChI=1S/C18H38N6O5/c1-12(27)15(11-26)29-13(2)14(10-25)23-16(28)8-6-4-3-5-7-9-22-18(21)24-17(19)20/h12-15,25-27H,3-11H2,1-2H3,(H,23,28)(H6,19,20,21,22,24)/t12-,13?,14-,15?/m0/s1. The highest BCUT2D eigenvalue weighted by Gasteiger charge is 2.24. The Morgan fingerprint density at radius 3 is 2.24 bits per heavy atom. The van der Waals surface area contributed by atoms with E-state index in [2.05, 4.69) is 16.0 Å². The number of nitrogens with two attached hydrogens (primary N) is 1. The van der Waals surface area contributed by atoms with Crippen LogP contribution in [0.15, 0.2) is 0 Å². The second-order valence-corrected chi connectivity index (χ2v) is 7.02. The van der Waals surface area contributed by atoms with Crippen LogP contribution in [0, 0.1) is 10.8 Å². The van der Waals surface area contributed by atoms with Gasteiger partial charge in [-0.15, -0.1) is 0 Å². The molecule has 0 saturated heterocycles. The molecule has 0 fully saturated rings. The summed E-state index contributed by atoms with van der Waals surface area (Å²) in [7, 11) is 0. The second-order valence-electron chi connectivity index (χ2n) is 7.02. The lowest BCUT2D eigenvalue weighted by molar-refractivity contribution is -0.127. The van der Waals surface area contributed by atoms with Gasteiger partial charge in [-0.2, -0.15) is 0 Å². The molecule has 0 aliphatic carbocycles. The Bertz CT molecular complexity index is 491. The normalized spacial score (nSPS) is 15.1. The lowest BCUT2D eigenvalue weighted by atomic mass is 10.1. The van der Waals surface area contributed by atoms with E-state index >= 15 is 0 Å². The van der Waals surface area contributed by atoms with Crippen molar-refractivity contribution < 1.29 is 24.9 Å². The van der Waals surface area contributed by atoms with Crippen LogP contribution in [0.3, 0.4) is 0 Å². The maximum absolute atomic E-state index is 12.1. The van der Waals surface area contributed by atoms with Crippen molar-refractivity contribution in [3.8, 4) is 0 Å². The van der Waals surface area contributed by atoms with Gasteiger partial charge in [-0.1, -0.05) is 19.3 Å². The molecule has 29 heavy (non-hydrogen) atoms. The van der Waals surface area contributed by atoms with Gasteiger partial charge in [0.05, 0.1) is 31.5 Å². The van der Waals surface area contributed by atoms with Gasteiger partial charge in [0.2, 0.25) is 5.91 Å². The Kier molecular flexibility index (Phi) is 14.8. The minimum absolute atomic E-state index is 0.00423. The third-order valence-electron chi connectivity index (χ3n) is 4.36. The lowest BCUT2D eigenvalue weighted by Gasteiger charge is -2.28. The van der Waals surface area contributed by atoms with Crippen LogP contribution in [0.4, 0.5) is 0 Å². The molecule has 4 atom stereocenters. The molecule has 0 radical (unpaired) electrons. The molecule has 0 aromatic rings. The number of unbranched alkanes of at least 4 members (excludes halogenated alkanes) is 4.